The van der Waals surface area contributed by atoms with Crippen LogP contribution in [0.15, 0.2) is 24.3 Å². The van der Waals surface area contributed by atoms with Crippen LogP contribution in [0.3, 0.4) is 0 Å². The zero-order valence-electron chi connectivity index (χ0n) is 23.5. The first kappa shape index (κ1) is 27.8. The van der Waals surface area contributed by atoms with Crippen LogP contribution in [-0.4, -0.2) is 102 Å². The normalized spacial score (nSPS) is 17.9. The van der Waals surface area contributed by atoms with Gasteiger partial charge in [0, 0.05) is 57.4 Å². The van der Waals surface area contributed by atoms with Crippen molar-refractivity contribution in [3.63, 3.8) is 0 Å². The molecule has 10 heteroatoms. The summed E-state index contributed by atoms with van der Waals surface area (Å²) in [7, 11) is 5.67. The Balaban J connectivity index is 1.65. The summed E-state index contributed by atoms with van der Waals surface area (Å²) in [5.74, 6) is 0.136. The molecule has 2 aliphatic heterocycles. The van der Waals surface area contributed by atoms with Gasteiger partial charge in [-0.05, 0) is 44.6 Å². The van der Waals surface area contributed by atoms with Crippen molar-refractivity contribution in [2.24, 2.45) is 5.41 Å². The number of likely N-dealkylation sites (N-methyl/N-ethyl adjacent to an activating group) is 2. The highest BCUT2D eigenvalue weighted by Gasteiger charge is 2.34. The third-order valence-corrected chi connectivity index (χ3v) is 7.46. The van der Waals surface area contributed by atoms with E-state index in [-0.39, 0.29) is 17.7 Å². The SMILES string of the molecule is CNC(=O)C(NC(=O)c1nc(-c2ccc(C(=O)N3CCN(C)CC3)cc2)n2c1CN(C)CCC2)C(C)(C)C. The Morgan fingerprint density at radius 2 is 1.58 bits per heavy atom. The standard InChI is InChI=1S/C28H41N7O3/c1-28(2,3)23(26(37)29-4)31-25(36)22-21-18-33(6)12-7-13-35(21)24(30-22)19-8-10-20(11-9-19)27(38)34-16-14-32(5)15-17-34/h8-11,23H,7,12-18H2,1-6H3,(H,29,37)(H,31,36). The van der Waals surface area contributed by atoms with Crippen LogP contribution in [0.5, 0.6) is 0 Å². The minimum atomic E-state index is -0.704. The second-order valence-corrected chi connectivity index (χ2v) is 11.5. The molecule has 0 aliphatic carbocycles. The summed E-state index contributed by atoms with van der Waals surface area (Å²) in [5, 5.41) is 5.60. The molecule has 3 amide bonds. The average Bonchev–Trinajstić information content (AvgIpc) is 3.12. The van der Waals surface area contributed by atoms with E-state index in [1.165, 1.54) is 0 Å². The van der Waals surface area contributed by atoms with E-state index in [1.54, 1.807) is 7.05 Å². The fourth-order valence-corrected chi connectivity index (χ4v) is 5.10. The van der Waals surface area contributed by atoms with E-state index in [0.717, 1.165) is 56.9 Å². The van der Waals surface area contributed by atoms with Crippen molar-refractivity contribution in [1.82, 2.24) is 34.9 Å². The number of imidazole rings is 1. The summed E-state index contributed by atoms with van der Waals surface area (Å²) < 4.78 is 2.11. The van der Waals surface area contributed by atoms with Crippen LogP contribution in [0.1, 0.15) is 53.7 Å². The first-order chi connectivity index (χ1) is 18.0. The molecule has 1 fully saturated rings. The lowest BCUT2D eigenvalue weighted by Crippen LogP contribution is -2.53. The molecule has 0 radical (unpaired) electrons. The van der Waals surface area contributed by atoms with Crippen LogP contribution in [0.2, 0.25) is 0 Å². The maximum Gasteiger partial charge on any atom is 0.272 e. The Bertz CT molecular complexity index is 1170. The predicted molar refractivity (Wildman–Crippen MR) is 147 cm³/mol. The number of hydrogen-bond donors (Lipinski definition) is 2. The minimum absolute atomic E-state index is 0.0377. The first-order valence-electron chi connectivity index (χ1n) is 13.4. The topological polar surface area (TPSA) is 103 Å². The zero-order valence-corrected chi connectivity index (χ0v) is 23.5. The maximum atomic E-state index is 13.6. The first-order valence-corrected chi connectivity index (χ1v) is 13.4. The van der Waals surface area contributed by atoms with Crippen LogP contribution < -0.4 is 10.6 Å². The van der Waals surface area contributed by atoms with Gasteiger partial charge in [0.1, 0.15) is 11.9 Å². The van der Waals surface area contributed by atoms with Gasteiger partial charge in [0.2, 0.25) is 5.91 Å². The summed E-state index contributed by atoms with van der Waals surface area (Å²) >= 11 is 0. The summed E-state index contributed by atoms with van der Waals surface area (Å²) in [6.07, 6.45) is 0.927. The van der Waals surface area contributed by atoms with Crippen LogP contribution in [0, 0.1) is 5.41 Å². The van der Waals surface area contributed by atoms with Gasteiger partial charge in [-0.3, -0.25) is 14.4 Å². The van der Waals surface area contributed by atoms with Crippen LogP contribution in [0.4, 0.5) is 0 Å². The molecule has 2 aromatic rings. The van der Waals surface area contributed by atoms with Crippen molar-refractivity contribution in [2.45, 2.75) is 46.3 Å². The molecule has 1 atom stereocenters. The fraction of sp³-hybridized carbons (Fsp3) is 0.571. The molecule has 1 saturated heterocycles. The molecule has 3 heterocycles. The lowest BCUT2D eigenvalue weighted by atomic mass is 9.86. The maximum absolute atomic E-state index is 13.6. The molecule has 2 N–H and O–H groups in total. The largest absolute Gasteiger partial charge is 0.357 e. The lowest BCUT2D eigenvalue weighted by molar-refractivity contribution is -0.124. The van der Waals surface area contributed by atoms with E-state index in [2.05, 4.69) is 32.0 Å². The Morgan fingerprint density at radius 1 is 0.921 bits per heavy atom. The van der Waals surface area contributed by atoms with E-state index in [9.17, 15) is 14.4 Å². The molecular weight excluding hydrogens is 482 g/mol. The number of carbonyl (C=O) groups excluding carboxylic acids is 3. The highest BCUT2D eigenvalue weighted by atomic mass is 16.2. The molecule has 10 nitrogen and oxygen atoms in total. The fourth-order valence-electron chi connectivity index (χ4n) is 5.10. The predicted octanol–water partition coefficient (Wildman–Crippen LogP) is 1.66. The molecule has 2 aliphatic rings. The van der Waals surface area contributed by atoms with Crippen molar-refractivity contribution in [1.29, 1.82) is 0 Å². The number of nitrogens with one attached hydrogen (secondary N) is 2. The van der Waals surface area contributed by atoms with Crippen LogP contribution >= 0.6 is 0 Å². The van der Waals surface area contributed by atoms with Crippen molar-refractivity contribution in [3.8, 4) is 11.4 Å². The number of benzene rings is 1. The van der Waals surface area contributed by atoms with Gasteiger partial charge in [-0.2, -0.15) is 0 Å². The molecular formula is C28H41N7O3. The third-order valence-electron chi connectivity index (χ3n) is 7.46. The zero-order chi connectivity index (χ0) is 27.6. The molecule has 1 aromatic heterocycles. The van der Waals surface area contributed by atoms with Crippen LogP contribution in [0.25, 0.3) is 11.4 Å². The Kier molecular flexibility index (Phi) is 8.22. The molecule has 0 spiro atoms. The molecule has 1 unspecified atom stereocenters. The van der Waals surface area contributed by atoms with Crippen LogP contribution in [-0.2, 0) is 17.9 Å². The second-order valence-electron chi connectivity index (χ2n) is 11.5. The summed E-state index contributed by atoms with van der Waals surface area (Å²) in [6, 6.07) is 6.82. The Labute approximate surface area is 225 Å². The molecule has 1 aromatic carbocycles. The van der Waals surface area contributed by atoms with Crippen molar-refractivity contribution < 1.29 is 14.4 Å². The molecule has 38 heavy (non-hydrogen) atoms. The number of aromatic nitrogens is 2. The van der Waals surface area contributed by atoms with Gasteiger partial charge in [-0.1, -0.05) is 32.9 Å². The van der Waals surface area contributed by atoms with E-state index in [1.807, 2.05) is 57.0 Å². The highest BCUT2D eigenvalue weighted by molar-refractivity contribution is 5.98. The number of fused-ring (bicyclic) bond motifs is 1. The molecule has 0 saturated carbocycles. The highest BCUT2D eigenvalue weighted by Crippen LogP contribution is 2.28. The smallest absolute Gasteiger partial charge is 0.272 e. The number of hydrogen-bond acceptors (Lipinski definition) is 6. The van der Waals surface area contributed by atoms with Crippen molar-refractivity contribution in [3.05, 3.63) is 41.2 Å². The lowest BCUT2D eigenvalue weighted by Gasteiger charge is -2.32. The Hall–Kier alpha value is -3.24. The summed E-state index contributed by atoms with van der Waals surface area (Å²) in [6.45, 7) is 11.2. The van der Waals surface area contributed by atoms with E-state index >= 15 is 0 Å². The van der Waals surface area contributed by atoms with E-state index in [0.29, 0.717) is 23.6 Å². The Morgan fingerprint density at radius 3 is 2.18 bits per heavy atom. The third kappa shape index (κ3) is 5.91. The number of amides is 3. The number of carbonyl (C=O) groups is 3. The molecule has 0 bridgehead atoms. The molecule has 206 valence electrons. The van der Waals surface area contributed by atoms with Gasteiger partial charge in [-0.25, -0.2) is 4.98 Å². The van der Waals surface area contributed by atoms with Crippen molar-refractivity contribution >= 4 is 17.7 Å². The quantitative estimate of drug-likeness (QED) is 0.618. The molecule has 4 rings (SSSR count). The van der Waals surface area contributed by atoms with Gasteiger partial charge in [0.15, 0.2) is 5.69 Å². The van der Waals surface area contributed by atoms with Gasteiger partial charge < -0.3 is 29.9 Å². The minimum Gasteiger partial charge on any atom is -0.357 e. The van der Waals surface area contributed by atoms with Gasteiger partial charge >= 0.3 is 0 Å². The van der Waals surface area contributed by atoms with Crippen molar-refractivity contribution in [2.75, 3.05) is 53.9 Å². The van der Waals surface area contributed by atoms with E-state index < -0.39 is 11.5 Å². The monoisotopic (exact) mass is 523 g/mol. The van der Waals surface area contributed by atoms with Gasteiger partial charge in [0.05, 0.1) is 5.69 Å². The van der Waals surface area contributed by atoms with Gasteiger partial charge in [-0.15, -0.1) is 0 Å². The summed E-state index contributed by atoms with van der Waals surface area (Å²) in [5.41, 5.74) is 2.20. The van der Waals surface area contributed by atoms with Gasteiger partial charge in [0.25, 0.3) is 11.8 Å². The number of nitrogens with zero attached hydrogens (tertiary/aromatic N) is 5. The number of piperazine rings is 1. The number of rotatable bonds is 5. The van der Waals surface area contributed by atoms with E-state index in [4.69, 9.17) is 4.98 Å². The second kappa shape index (κ2) is 11.2. The summed E-state index contributed by atoms with van der Waals surface area (Å²) in [4.78, 5) is 50.3. The average molecular weight is 524 g/mol.